The predicted octanol–water partition coefficient (Wildman–Crippen LogP) is 2.72. The maximum absolute atomic E-state index is 12.1. The largest absolute Gasteiger partial charge is 0.389 e. The monoisotopic (exact) mass is 323 g/mol. The summed E-state index contributed by atoms with van der Waals surface area (Å²) in [5.41, 5.74) is 1.18. The number of anilines is 1. The molecule has 1 aromatic heterocycles. The lowest BCUT2D eigenvalue weighted by Crippen LogP contribution is -2.41. The van der Waals surface area contributed by atoms with Gasteiger partial charge in [-0.25, -0.2) is 9.78 Å². The van der Waals surface area contributed by atoms with Gasteiger partial charge in [-0.05, 0) is 50.1 Å². The van der Waals surface area contributed by atoms with Crippen LogP contribution in [0.15, 0.2) is 48.7 Å². The van der Waals surface area contributed by atoms with Crippen LogP contribution in [0.4, 0.5) is 10.5 Å². The zero-order chi connectivity index (χ0) is 17.6. The molecule has 2 aromatic rings. The molecule has 0 atom stereocenters. The number of aliphatic hydroxyl groups is 1. The Labute approximate surface area is 142 Å². The van der Waals surface area contributed by atoms with E-state index in [1.165, 1.54) is 4.90 Å². The van der Waals surface area contributed by atoms with Gasteiger partial charge in [0, 0.05) is 24.5 Å². The third kappa shape index (κ3) is 5.75. The molecule has 0 fully saturated rings. The summed E-state index contributed by atoms with van der Waals surface area (Å²) in [4.78, 5) is 17.7. The Morgan fingerprint density at radius 3 is 2.71 bits per heavy atom. The summed E-state index contributed by atoms with van der Waals surface area (Å²) in [6.45, 7) is 3.55. The lowest BCUT2D eigenvalue weighted by atomic mass is 10.1. The van der Waals surface area contributed by atoms with E-state index in [0.29, 0.717) is 11.4 Å². The number of aromatic nitrogens is 1. The first kappa shape index (κ1) is 17.5. The van der Waals surface area contributed by atoms with Gasteiger partial charge in [0.25, 0.3) is 0 Å². The number of likely N-dealkylation sites (N-methyl/N-ethyl adjacent to an activating group) is 1. The third-order valence-corrected chi connectivity index (χ3v) is 3.08. The van der Waals surface area contributed by atoms with Gasteiger partial charge in [-0.3, -0.25) is 0 Å². The summed E-state index contributed by atoms with van der Waals surface area (Å²) >= 11 is 0. The van der Waals surface area contributed by atoms with Crippen LogP contribution in [0.25, 0.3) is 0 Å². The molecule has 0 aliphatic rings. The van der Waals surface area contributed by atoms with Gasteiger partial charge in [-0.2, -0.15) is 0 Å². The van der Waals surface area contributed by atoms with E-state index in [0.717, 1.165) is 5.56 Å². The Balaban J connectivity index is 2.05. The minimum Gasteiger partial charge on any atom is -0.389 e. The van der Waals surface area contributed by atoms with Crippen LogP contribution in [0.3, 0.4) is 0 Å². The summed E-state index contributed by atoms with van der Waals surface area (Å²) in [5.74, 6) is 6.00. The van der Waals surface area contributed by atoms with Crippen molar-refractivity contribution in [2.45, 2.75) is 19.4 Å². The number of urea groups is 1. The van der Waals surface area contributed by atoms with Gasteiger partial charge in [0.05, 0.1) is 12.1 Å². The molecule has 1 heterocycles. The number of hydrogen-bond acceptors (Lipinski definition) is 3. The fourth-order valence-electron chi connectivity index (χ4n) is 2.12. The highest BCUT2D eigenvalue weighted by Crippen LogP contribution is 2.12. The number of rotatable bonds is 3. The SMILES string of the molecule is CN(CC(C)(C)O)C(=O)Nc1cccc(C#Cc2ccccn2)c1. The highest BCUT2D eigenvalue weighted by molar-refractivity contribution is 5.89. The van der Waals surface area contributed by atoms with Crippen LogP contribution in [0.2, 0.25) is 0 Å². The summed E-state index contributed by atoms with van der Waals surface area (Å²) < 4.78 is 0. The zero-order valence-corrected chi connectivity index (χ0v) is 14.1. The van der Waals surface area contributed by atoms with Crippen LogP contribution < -0.4 is 5.32 Å². The van der Waals surface area contributed by atoms with Gasteiger partial charge in [0.1, 0.15) is 5.69 Å². The molecule has 24 heavy (non-hydrogen) atoms. The minimum atomic E-state index is -0.942. The van der Waals surface area contributed by atoms with Crippen molar-refractivity contribution in [2.24, 2.45) is 0 Å². The quantitative estimate of drug-likeness (QED) is 0.854. The van der Waals surface area contributed by atoms with Gasteiger partial charge in [-0.1, -0.05) is 18.1 Å². The topological polar surface area (TPSA) is 65.5 Å². The normalized spacial score (nSPS) is 10.5. The number of benzene rings is 1. The Kier molecular flexibility index (Phi) is 5.56. The van der Waals surface area contributed by atoms with Gasteiger partial charge in [-0.15, -0.1) is 0 Å². The van der Waals surface area contributed by atoms with E-state index in [2.05, 4.69) is 22.1 Å². The molecule has 5 heteroatoms. The van der Waals surface area contributed by atoms with Crippen molar-refractivity contribution >= 4 is 11.7 Å². The number of carbonyl (C=O) groups is 1. The molecule has 0 aliphatic carbocycles. The first-order valence-electron chi connectivity index (χ1n) is 7.61. The second-order valence-corrected chi connectivity index (χ2v) is 6.14. The maximum Gasteiger partial charge on any atom is 0.321 e. The number of carbonyl (C=O) groups excluding carboxylic acids is 1. The standard InChI is InChI=1S/C19H21N3O2/c1-19(2,24)14-22(3)18(23)21-17-9-6-7-15(13-17)10-11-16-8-4-5-12-20-16/h4-9,12-13,24H,14H2,1-3H3,(H,21,23). The molecule has 2 amide bonds. The van der Waals surface area contributed by atoms with Crippen LogP contribution in [0, 0.1) is 11.8 Å². The summed E-state index contributed by atoms with van der Waals surface area (Å²) in [5, 5.41) is 12.6. The Morgan fingerprint density at radius 2 is 2.04 bits per heavy atom. The van der Waals surface area contributed by atoms with Gasteiger partial charge in [0.2, 0.25) is 0 Å². The molecule has 0 bridgehead atoms. The van der Waals surface area contributed by atoms with Crippen molar-refractivity contribution in [1.82, 2.24) is 9.88 Å². The Morgan fingerprint density at radius 1 is 1.25 bits per heavy atom. The lowest BCUT2D eigenvalue weighted by molar-refractivity contribution is 0.0550. The second-order valence-electron chi connectivity index (χ2n) is 6.14. The van der Waals surface area contributed by atoms with Gasteiger partial charge in [0.15, 0.2) is 0 Å². The molecular formula is C19H21N3O2. The van der Waals surface area contributed by atoms with Crippen LogP contribution in [0.1, 0.15) is 25.1 Å². The molecular weight excluding hydrogens is 302 g/mol. The van der Waals surface area contributed by atoms with Crippen LogP contribution in [0.5, 0.6) is 0 Å². The zero-order valence-electron chi connectivity index (χ0n) is 14.1. The summed E-state index contributed by atoms with van der Waals surface area (Å²) in [6.07, 6.45) is 1.69. The van der Waals surface area contributed by atoms with Crippen molar-refractivity contribution < 1.29 is 9.90 Å². The molecule has 1 aromatic carbocycles. The Bertz CT molecular complexity index is 755. The second kappa shape index (κ2) is 7.62. The number of hydrogen-bond donors (Lipinski definition) is 2. The van der Waals surface area contributed by atoms with E-state index in [1.807, 2.05) is 30.3 Å². The average Bonchev–Trinajstić information content (AvgIpc) is 2.53. The lowest BCUT2D eigenvalue weighted by Gasteiger charge is -2.25. The number of pyridine rings is 1. The van der Waals surface area contributed by atoms with Crippen molar-refractivity contribution in [2.75, 3.05) is 18.9 Å². The fourth-order valence-corrected chi connectivity index (χ4v) is 2.12. The maximum atomic E-state index is 12.1. The predicted molar refractivity (Wildman–Crippen MR) is 94.6 cm³/mol. The van der Waals surface area contributed by atoms with E-state index in [9.17, 15) is 9.90 Å². The smallest absolute Gasteiger partial charge is 0.321 e. The van der Waals surface area contributed by atoms with Crippen molar-refractivity contribution in [3.8, 4) is 11.8 Å². The molecule has 0 unspecified atom stereocenters. The van der Waals surface area contributed by atoms with Crippen LogP contribution >= 0.6 is 0 Å². The van der Waals surface area contributed by atoms with E-state index < -0.39 is 5.60 Å². The molecule has 0 spiro atoms. The number of nitrogens with zero attached hydrogens (tertiary/aromatic N) is 2. The first-order valence-corrected chi connectivity index (χ1v) is 7.61. The minimum absolute atomic E-state index is 0.234. The van der Waals surface area contributed by atoms with Crippen molar-refractivity contribution in [3.63, 3.8) is 0 Å². The summed E-state index contributed by atoms with van der Waals surface area (Å²) in [7, 11) is 1.64. The molecule has 124 valence electrons. The number of amides is 2. The Hall–Kier alpha value is -2.84. The highest BCUT2D eigenvalue weighted by atomic mass is 16.3. The van der Waals surface area contributed by atoms with E-state index in [-0.39, 0.29) is 12.6 Å². The molecule has 5 nitrogen and oxygen atoms in total. The third-order valence-electron chi connectivity index (χ3n) is 3.08. The van der Waals surface area contributed by atoms with Crippen molar-refractivity contribution in [3.05, 3.63) is 59.9 Å². The fraction of sp³-hybridized carbons (Fsp3) is 0.263. The van der Waals surface area contributed by atoms with E-state index in [4.69, 9.17) is 0 Å². The molecule has 0 saturated carbocycles. The van der Waals surface area contributed by atoms with E-state index >= 15 is 0 Å². The van der Waals surface area contributed by atoms with Crippen LogP contribution in [-0.2, 0) is 0 Å². The number of nitrogens with one attached hydrogen (secondary N) is 1. The molecule has 2 N–H and O–H groups in total. The summed E-state index contributed by atoms with van der Waals surface area (Å²) in [6, 6.07) is 12.6. The first-order chi connectivity index (χ1) is 11.3. The average molecular weight is 323 g/mol. The van der Waals surface area contributed by atoms with Gasteiger partial charge >= 0.3 is 6.03 Å². The van der Waals surface area contributed by atoms with Crippen molar-refractivity contribution in [1.29, 1.82) is 0 Å². The van der Waals surface area contributed by atoms with E-state index in [1.54, 1.807) is 39.2 Å². The molecule has 0 radical (unpaired) electrons. The molecule has 0 aliphatic heterocycles. The molecule has 0 saturated heterocycles. The van der Waals surface area contributed by atoms with Gasteiger partial charge < -0.3 is 15.3 Å². The highest BCUT2D eigenvalue weighted by Gasteiger charge is 2.19. The molecule has 2 rings (SSSR count). The van der Waals surface area contributed by atoms with Crippen LogP contribution in [-0.4, -0.2) is 40.2 Å².